The van der Waals surface area contributed by atoms with Crippen molar-refractivity contribution in [3.05, 3.63) is 0 Å². The molecule has 0 radical (unpaired) electrons. The second-order valence-corrected chi connectivity index (χ2v) is 4.78. The molecule has 0 atom stereocenters. The maximum absolute atomic E-state index is 2.34. The van der Waals surface area contributed by atoms with Gasteiger partial charge in [-0.1, -0.05) is 65.0 Å². The highest BCUT2D eigenvalue weighted by molar-refractivity contribution is 6.39. The third-order valence-corrected chi connectivity index (χ3v) is 2.46. The van der Waals surface area contributed by atoms with Gasteiger partial charge < -0.3 is 0 Å². The van der Waals surface area contributed by atoms with Gasteiger partial charge in [-0.05, 0) is 0 Å². The summed E-state index contributed by atoms with van der Waals surface area (Å²) in [5.74, 6) is 3.45. The summed E-state index contributed by atoms with van der Waals surface area (Å²) >= 11 is 0. The highest BCUT2D eigenvalue weighted by Crippen LogP contribution is 2.28. The summed E-state index contributed by atoms with van der Waals surface area (Å²) in [6.45, 7) is 14.0. The van der Waals surface area contributed by atoms with Crippen LogP contribution in [-0.2, 0) is 0 Å². The average Bonchev–Trinajstić information content (AvgIpc) is 1.81. The van der Waals surface area contributed by atoms with E-state index in [9.17, 15) is 0 Å². The molecule has 0 spiro atoms. The molecule has 0 unspecified atom stereocenters. The van der Waals surface area contributed by atoms with Gasteiger partial charge in [0.05, 0.1) is 0 Å². The third kappa shape index (κ3) is 4.50. The molecule has 0 nitrogen and oxygen atoms in total. The molecule has 0 fully saturated rings. The van der Waals surface area contributed by atoms with Gasteiger partial charge in [0.2, 0.25) is 0 Å². The summed E-state index contributed by atoms with van der Waals surface area (Å²) in [5.41, 5.74) is 0. The topological polar surface area (TPSA) is 0 Å². The lowest BCUT2D eigenvalue weighted by atomic mass is 9.50. The molecule has 0 aromatic carbocycles. The first-order valence-electron chi connectivity index (χ1n) is 4.95. The Bertz CT molecular complexity index is 87.0. The third-order valence-electron chi connectivity index (χ3n) is 2.46. The van der Waals surface area contributed by atoms with Crippen LogP contribution in [0.5, 0.6) is 0 Å². The second kappa shape index (κ2) is 4.85. The summed E-state index contributed by atoms with van der Waals surface area (Å²) in [5, 5.41) is 0. The van der Waals surface area contributed by atoms with Crippen LogP contribution in [0.25, 0.3) is 0 Å². The van der Waals surface area contributed by atoms with E-state index >= 15 is 0 Å². The summed E-state index contributed by atoms with van der Waals surface area (Å²) < 4.78 is 0. The SMILES string of the molecule is CC(C)BC(C(C)C)C(C)C. The Morgan fingerprint density at radius 1 is 0.727 bits per heavy atom. The van der Waals surface area contributed by atoms with Crippen molar-refractivity contribution in [3.63, 3.8) is 0 Å². The molecule has 0 amide bonds. The van der Waals surface area contributed by atoms with Crippen LogP contribution < -0.4 is 0 Å². The quantitative estimate of drug-likeness (QED) is 0.544. The van der Waals surface area contributed by atoms with Crippen LogP contribution in [0.1, 0.15) is 41.5 Å². The van der Waals surface area contributed by atoms with E-state index in [1.165, 1.54) is 7.28 Å². The first-order valence-corrected chi connectivity index (χ1v) is 4.95. The molecule has 0 aromatic heterocycles. The fourth-order valence-electron chi connectivity index (χ4n) is 1.86. The van der Waals surface area contributed by atoms with Crippen molar-refractivity contribution in [2.75, 3.05) is 0 Å². The van der Waals surface area contributed by atoms with Crippen LogP contribution in [0.2, 0.25) is 11.6 Å². The molecular weight excluding hydrogens is 131 g/mol. The molecule has 0 rings (SSSR count). The van der Waals surface area contributed by atoms with Gasteiger partial charge in [0.15, 0.2) is 0 Å². The largest absolute Gasteiger partial charge is 0.127 e. The molecule has 0 saturated carbocycles. The van der Waals surface area contributed by atoms with Gasteiger partial charge in [-0.25, -0.2) is 0 Å². The maximum atomic E-state index is 2.34. The lowest BCUT2D eigenvalue weighted by Crippen LogP contribution is -2.18. The smallest absolute Gasteiger partial charge is 0.0710 e. The fraction of sp³-hybridized carbons (Fsp3) is 1.00. The molecule has 0 heterocycles. The Hall–Kier alpha value is 0.0649. The van der Waals surface area contributed by atoms with Crippen LogP contribution in [0.15, 0.2) is 0 Å². The Labute approximate surface area is 73.0 Å². The van der Waals surface area contributed by atoms with Crippen LogP contribution >= 0.6 is 0 Å². The van der Waals surface area contributed by atoms with Crippen molar-refractivity contribution in [1.29, 1.82) is 0 Å². The van der Waals surface area contributed by atoms with Crippen molar-refractivity contribution >= 4 is 7.28 Å². The molecule has 0 aliphatic rings. The number of hydrogen-bond acceptors (Lipinski definition) is 0. The molecule has 0 saturated heterocycles. The first-order chi connectivity index (χ1) is 4.95. The van der Waals surface area contributed by atoms with Gasteiger partial charge in [0, 0.05) is 0 Å². The second-order valence-electron chi connectivity index (χ2n) is 4.78. The zero-order chi connectivity index (χ0) is 9.02. The van der Waals surface area contributed by atoms with Gasteiger partial charge in [0.1, 0.15) is 7.28 Å². The zero-order valence-corrected chi connectivity index (χ0v) is 9.02. The van der Waals surface area contributed by atoms with Crippen molar-refractivity contribution in [3.8, 4) is 0 Å². The van der Waals surface area contributed by atoms with E-state index in [0.29, 0.717) is 0 Å². The molecule has 0 bridgehead atoms. The minimum atomic E-state index is 0.845. The number of rotatable bonds is 4. The molecule has 1 heteroatoms. The van der Waals surface area contributed by atoms with E-state index in [1.807, 2.05) is 0 Å². The normalized spacial score (nSPS) is 12.2. The van der Waals surface area contributed by atoms with Crippen molar-refractivity contribution in [1.82, 2.24) is 0 Å². The fourth-order valence-corrected chi connectivity index (χ4v) is 1.86. The van der Waals surface area contributed by atoms with Crippen LogP contribution in [0.3, 0.4) is 0 Å². The lowest BCUT2D eigenvalue weighted by Gasteiger charge is -2.25. The van der Waals surface area contributed by atoms with Crippen molar-refractivity contribution in [2.45, 2.75) is 53.2 Å². The highest BCUT2D eigenvalue weighted by atomic mass is 14.1. The predicted octanol–water partition coefficient (Wildman–Crippen LogP) is 3.35. The van der Waals surface area contributed by atoms with Gasteiger partial charge in [-0.2, -0.15) is 0 Å². The summed E-state index contributed by atoms with van der Waals surface area (Å²) in [7, 11) is 1.38. The van der Waals surface area contributed by atoms with E-state index in [0.717, 1.165) is 23.5 Å². The van der Waals surface area contributed by atoms with Gasteiger partial charge >= 0.3 is 0 Å². The Morgan fingerprint density at radius 2 is 1.09 bits per heavy atom. The molecule has 0 aliphatic carbocycles. The van der Waals surface area contributed by atoms with Crippen LogP contribution in [0, 0.1) is 11.8 Å². The average molecular weight is 154 g/mol. The molecule has 66 valence electrons. The molecule has 0 aliphatic heterocycles. The Morgan fingerprint density at radius 3 is 1.18 bits per heavy atom. The highest BCUT2D eigenvalue weighted by Gasteiger charge is 2.19. The maximum Gasteiger partial charge on any atom is 0.127 e. The van der Waals surface area contributed by atoms with Gasteiger partial charge in [0.25, 0.3) is 0 Å². The first kappa shape index (κ1) is 11.1. The Balaban J connectivity index is 3.90. The van der Waals surface area contributed by atoms with Gasteiger partial charge in [-0.15, -0.1) is 0 Å². The summed E-state index contributed by atoms with van der Waals surface area (Å²) in [6.07, 6.45) is 0. The van der Waals surface area contributed by atoms with Gasteiger partial charge in [-0.3, -0.25) is 0 Å². The molecule has 0 N–H and O–H groups in total. The minimum Gasteiger partial charge on any atom is -0.0710 e. The van der Waals surface area contributed by atoms with Crippen LogP contribution in [0.4, 0.5) is 0 Å². The van der Waals surface area contributed by atoms with E-state index < -0.39 is 0 Å². The minimum absolute atomic E-state index is 0.845. The summed E-state index contributed by atoms with van der Waals surface area (Å²) in [4.78, 5) is 0. The van der Waals surface area contributed by atoms with E-state index in [1.54, 1.807) is 0 Å². The number of hydrogen-bond donors (Lipinski definition) is 0. The van der Waals surface area contributed by atoms with E-state index in [-0.39, 0.29) is 0 Å². The predicted molar refractivity (Wildman–Crippen MR) is 55.7 cm³/mol. The summed E-state index contributed by atoms with van der Waals surface area (Å²) in [6, 6.07) is 0. The molecule has 0 aromatic rings. The van der Waals surface area contributed by atoms with E-state index in [4.69, 9.17) is 0 Å². The van der Waals surface area contributed by atoms with Crippen LogP contribution in [-0.4, -0.2) is 7.28 Å². The Kier molecular flexibility index (Phi) is 4.87. The molecule has 11 heavy (non-hydrogen) atoms. The zero-order valence-electron chi connectivity index (χ0n) is 9.02. The lowest BCUT2D eigenvalue weighted by molar-refractivity contribution is 0.461. The van der Waals surface area contributed by atoms with Crippen molar-refractivity contribution < 1.29 is 0 Å². The molecular formula is C10H23B. The van der Waals surface area contributed by atoms with E-state index in [2.05, 4.69) is 41.5 Å². The van der Waals surface area contributed by atoms with Crippen molar-refractivity contribution in [2.24, 2.45) is 11.8 Å². The monoisotopic (exact) mass is 154 g/mol. The standard InChI is InChI=1S/C10H23B/c1-7(2)10(8(3)4)11-9(5)6/h7-11H,1-6H3.